The van der Waals surface area contributed by atoms with Gasteiger partial charge in [0.05, 0.1) is 12.0 Å². The van der Waals surface area contributed by atoms with Crippen molar-refractivity contribution >= 4 is 27.7 Å². The molecule has 0 saturated carbocycles. The number of methoxy groups -OCH3 is 1. The van der Waals surface area contributed by atoms with Crippen molar-refractivity contribution in [1.29, 1.82) is 0 Å². The number of hydrogen-bond donors (Lipinski definition) is 3. The van der Waals surface area contributed by atoms with Gasteiger partial charge in [0.2, 0.25) is 5.91 Å². The number of fused-ring (bicyclic) bond motifs is 1. The van der Waals surface area contributed by atoms with E-state index in [2.05, 4.69) is 20.3 Å². The highest BCUT2D eigenvalue weighted by Crippen LogP contribution is 2.21. The van der Waals surface area contributed by atoms with Crippen molar-refractivity contribution in [2.45, 2.75) is 4.90 Å². The molecular weight excluding hydrogens is 396 g/mol. The molecule has 0 bridgehead atoms. The number of sulfonamides is 1. The Kier molecular flexibility index (Phi) is 6.13. The molecule has 2 aromatic carbocycles. The number of ether oxygens (including phenoxy) is 1. The molecule has 0 fully saturated rings. The highest BCUT2D eigenvalue weighted by molar-refractivity contribution is 7.90. The third kappa shape index (κ3) is 4.91. The molecule has 0 saturated heterocycles. The highest BCUT2D eigenvalue weighted by atomic mass is 32.2. The fourth-order valence-electron chi connectivity index (χ4n) is 2.70. The topological polar surface area (TPSA) is 126 Å². The van der Waals surface area contributed by atoms with Gasteiger partial charge in [-0.05, 0) is 30.3 Å². The first-order chi connectivity index (χ1) is 13.9. The lowest BCUT2D eigenvalue weighted by Crippen LogP contribution is -2.36. The van der Waals surface area contributed by atoms with Crippen LogP contribution in [0.4, 0.5) is 0 Å². The summed E-state index contributed by atoms with van der Waals surface area (Å²) in [5.41, 5.74) is 0.889. The van der Waals surface area contributed by atoms with Gasteiger partial charge in [0.15, 0.2) is 0 Å². The Balaban J connectivity index is 1.46. The number of aliphatic imine (C=N–C) groups is 1. The molecule has 3 N–H and O–H groups in total. The summed E-state index contributed by atoms with van der Waals surface area (Å²) in [5, 5.41) is 5.31. The fourth-order valence-corrected chi connectivity index (χ4v) is 3.95. The van der Waals surface area contributed by atoms with E-state index >= 15 is 0 Å². The van der Waals surface area contributed by atoms with Crippen LogP contribution in [0.25, 0.3) is 0 Å². The minimum atomic E-state index is -3.63. The van der Waals surface area contributed by atoms with Crippen molar-refractivity contribution in [3.8, 4) is 5.75 Å². The molecule has 3 rings (SSSR count). The smallest absolute Gasteiger partial charge is 0.263 e. The van der Waals surface area contributed by atoms with Gasteiger partial charge in [-0.1, -0.05) is 18.2 Å². The number of nitrogens with zero attached hydrogens (tertiary/aromatic N) is 1. The van der Waals surface area contributed by atoms with Crippen molar-refractivity contribution < 1.29 is 22.7 Å². The minimum absolute atomic E-state index is 0.138. The molecule has 0 atom stereocenters. The monoisotopic (exact) mass is 416 g/mol. The van der Waals surface area contributed by atoms with Crippen molar-refractivity contribution in [1.82, 2.24) is 15.4 Å². The molecule has 0 aromatic heterocycles. The van der Waals surface area contributed by atoms with Crippen LogP contribution in [0.3, 0.4) is 0 Å². The van der Waals surface area contributed by atoms with E-state index in [4.69, 9.17) is 4.74 Å². The Morgan fingerprint density at radius 3 is 2.62 bits per heavy atom. The number of rotatable bonds is 7. The van der Waals surface area contributed by atoms with Crippen molar-refractivity contribution in [3.05, 3.63) is 59.7 Å². The average Bonchev–Trinajstić information content (AvgIpc) is 3.00. The van der Waals surface area contributed by atoms with Crippen LogP contribution in [-0.2, 0) is 14.8 Å². The maximum atomic E-state index is 12.1. The van der Waals surface area contributed by atoms with Crippen LogP contribution in [0.15, 0.2) is 58.4 Å². The predicted molar refractivity (Wildman–Crippen MR) is 107 cm³/mol. The summed E-state index contributed by atoms with van der Waals surface area (Å²) < 4.78 is 31.4. The molecule has 0 radical (unpaired) electrons. The zero-order chi connectivity index (χ0) is 20.9. The van der Waals surface area contributed by atoms with E-state index in [0.29, 0.717) is 16.9 Å². The Labute approximate surface area is 168 Å². The van der Waals surface area contributed by atoms with E-state index in [0.717, 1.165) is 0 Å². The first-order valence-electron chi connectivity index (χ1n) is 8.76. The van der Waals surface area contributed by atoms with Crippen LogP contribution in [0.2, 0.25) is 0 Å². The van der Waals surface area contributed by atoms with Gasteiger partial charge < -0.3 is 15.4 Å². The Morgan fingerprint density at radius 1 is 1.07 bits per heavy atom. The molecule has 1 aliphatic rings. The quantitative estimate of drug-likeness (QED) is 0.559. The normalized spacial score (nSPS) is 15.3. The van der Waals surface area contributed by atoms with Crippen LogP contribution in [0.5, 0.6) is 5.75 Å². The zero-order valence-corrected chi connectivity index (χ0v) is 16.5. The van der Waals surface area contributed by atoms with E-state index in [-0.39, 0.29) is 36.3 Å². The van der Waals surface area contributed by atoms with E-state index in [1.54, 1.807) is 42.5 Å². The summed E-state index contributed by atoms with van der Waals surface area (Å²) in [5.74, 6) is 0.0447. The average molecular weight is 416 g/mol. The Bertz CT molecular complexity index is 1070. The molecule has 0 spiro atoms. The van der Waals surface area contributed by atoms with Crippen LogP contribution < -0.4 is 20.1 Å². The summed E-state index contributed by atoms with van der Waals surface area (Å²) in [7, 11) is -2.11. The summed E-state index contributed by atoms with van der Waals surface area (Å²) in [4.78, 5) is 28.2. The molecule has 0 aliphatic carbocycles. The molecular formula is C19H20N4O5S. The summed E-state index contributed by atoms with van der Waals surface area (Å²) in [6.45, 7) is 0.200. The molecule has 152 valence electrons. The van der Waals surface area contributed by atoms with E-state index in [9.17, 15) is 18.0 Å². The van der Waals surface area contributed by atoms with Gasteiger partial charge in [0.1, 0.15) is 18.1 Å². The van der Waals surface area contributed by atoms with Gasteiger partial charge >= 0.3 is 0 Å². The number of amidine groups is 1. The second-order valence-electron chi connectivity index (χ2n) is 6.10. The van der Waals surface area contributed by atoms with E-state index in [1.165, 1.54) is 13.2 Å². The SMILES string of the molecule is COc1cccc(C(=O)NCCNC(=O)CN=C2NS(=O)(=O)c3ccccc32)c1. The predicted octanol–water partition coefficient (Wildman–Crippen LogP) is 0.280. The number of carbonyl (C=O) groups excluding carboxylic acids is 2. The van der Waals surface area contributed by atoms with Gasteiger partial charge in [0, 0.05) is 24.2 Å². The molecule has 2 amide bonds. The first-order valence-corrected chi connectivity index (χ1v) is 10.2. The van der Waals surface area contributed by atoms with Crippen molar-refractivity contribution in [3.63, 3.8) is 0 Å². The zero-order valence-electron chi connectivity index (χ0n) is 15.6. The minimum Gasteiger partial charge on any atom is -0.497 e. The van der Waals surface area contributed by atoms with Gasteiger partial charge in [-0.2, -0.15) is 0 Å². The second kappa shape index (κ2) is 8.74. The number of hydrogen-bond acceptors (Lipinski definition) is 6. The molecule has 1 aliphatic heterocycles. The van der Waals surface area contributed by atoms with Crippen molar-refractivity contribution in [2.24, 2.45) is 4.99 Å². The van der Waals surface area contributed by atoms with E-state index < -0.39 is 15.9 Å². The Hall–Kier alpha value is -3.40. The number of nitrogens with one attached hydrogen (secondary N) is 3. The third-order valence-electron chi connectivity index (χ3n) is 4.11. The largest absolute Gasteiger partial charge is 0.497 e. The van der Waals surface area contributed by atoms with Crippen LogP contribution in [0.1, 0.15) is 15.9 Å². The molecule has 9 nitrogen and oxygen atoms in total. The molecule has 0 unspecified atom stereocenters. The first kappa shape index (κ1) is 20.3. The molecule has 10 heteroatoms. The lowest BCUT2D eigenvalue weighted by atomic mass is 10.2. The summed E-state index contributed by atoms with van der Waals surface area (Å²) >= 11 is 0. The fraction of sp³-hybridized carbons (Fsp3) is 0.211. The molecule has 1 heterocycles. The maximum absolute atomic E-state index is 12.1. The summed E-state index contributed by atoms with van der Waals surface area (Å²) in [6, 6.07) is 13.1. The summed E-state index contributed by atoms with van der Waals surface area (Å²) in [6.07, 6.45) is 0. The lowest BCUT2D eigenvalue weighted by Gasteiger charge is -2.07. The van der Waals surface area contributed by atoms with Gasteiger partial charge in [-0.15, -0.1) is 0 Å². The van der Waals surface area contributed by atoms with Crippen LogP contribution in [0, 0.1) is 0 Å². The number of carbonyl (C=O) groups is 2. The van der Waals surface area contributed by atoms with Gasteiger partial charge in [-0.25, -0.2) is 8.42 Å². The highest BCUT2D eigenvalue weighted by Gasteiger charge is 2.30. The number of amides is 2. The standard InChI is InChI=1S/C19H20N4O5S/c1-28-14-6-4-5-13(11-14)19(25)21-10-9-20-17(24)12-22-18-15-7-2-3-8-16(15)29(26,27)23-18/h2-8,11H,9-10,12H2,1H3,(H,20,24)(H,21,25)(H,22,23). The van der Waals surface area contributed by atoms with Gasteiger partial charge in [-0.3, -0.25) is 19.3 Å². The maximum Gasteiger partial charge on any atom is 0.263 e. The van der Waals surface area contributed by atoms with Crippen molar-refractivity contribution in [2.75, 3.05) is 26.7 Å². The van der Waals surface area contributed by atoms with Gasteiger partial charge in [0.25, 0.3) is 15.9 Å². The molecule has 29 heavy (non-hydrogen) atoms. The van der Waals surface area contributed by atoms with Crippen LogP contribution in [-0.4, -0.2) is 52.8 Å². The third-order valence-corrected chi connectivity index (χ3v) is 5.51. The lowest BCUT2D eigenvalue weighted by molar-refractivity contribution is -0.119. The molecule has 2 aromatic rings. The van der Waals surface area contributed by atoms with Crippen LogP contribution >= 0.6 is 0 Å². The Morgan fingerprint density at radius 2 is 1.83 bits per heavy atom. The second-order valence-corrected chi connectivity index (χ2v) is 7.76. The van der Waals surface area contributed by atoms with E-state index in [1.807, 2.05) is 0 Å². The number of benzene rings is 2.